The van der Waals surface area contributed by atoms with Gasteiger partial charge in [-0.1, -0.05) is 13.0 Å². The smallest absolute Gasteiger partial charge is 0.303 e. The summed E-state index contributed by atoms with van der Waals surface area (Å²) in [4.78, 5) is 16.5. The fourth-order valence-corrected chi connectivity index (χ4v) is 3.04. The van der Waals surface area contributed by atoms with Gasteiger partial charge < -0.3 is 10.8 Å². The molecule has 24 heavy (non-hydrogen) atoms. The number of aryl methyl sites for hydroxylation is 2. The normalized spacial score (nSPS) is 12.9. The lowest BCUT2D eigenvalue weighted by Crippen LogP contribution is -2.50. The van der Waals surface area contributed by atoms with Crippen molar-refractivity contribution < 1.29 is 14.7 Å². The van der Waals surface area contributed by atoms with Crippen molar-refractivity contribution in [2.75, 3.05) is 33.1 Å². The molecule has 0 aliphatic rings. The van der Waals surface area contributed by atoms with Crippen LogP contribution in [0.15, 0.2) is 18.2 Å². The van der Waals surface area contributed by atoms with Crippen LogP contribution in [-0.4, -0.2) is 44.2 Å². The van der Waals surface area contributed by atoms with Crippen molar-refractivity contribution in [1.82, 2.24) is 4.65 Å². The highest BCUT2D eigenvalue weighted by Crippen LogP contribution is 2.28. The van der Waals surface area contributed by atoms with Crippen LogP contribution in [0.3, 0.4) is 0 Å². The van der Waals surface area contributed by atoms with E-state index in [4.69, 9.17) is 21.5 Å². The van der Waals surface area contributed by atoms with Crippen molar-refractivity contribution in [3.8, 4) is 0 Å². The Morgan fingerprint density at radius 3 is 2.50 bits per heavy atom. The van der Waals surface area contributed by atoms with Crippen LogP contribution in [0.4, 0.5) is 5.69 Å². The molecule has 0 spiro atoms. The van der Waals surface area contributed by atoms with E-state index in [2.05, 4.69) is 37.8 Å². The van der Waals surface area contributed by atoms with Crippen LogP contribution in [0.5, 0.6) is 0 Å². The molecule has 0 heterocycles. The molecule has 6 heteroatoms. The molecule has 3 N–H and O–H groups in total. The standard InChI is InChI=1S/C17H26ClNO3.CH5N/c1-4-11-19(22-3,12-10-18)16-9-8-14(2)15(13-16)6-5-7-17(20)21;1-2/h8-9,13H,4-7,10-12H2,1-3H3;2H2,1H3/p+1. The van der Waals surface area contributed by atoms with E-state index >= 15 is 0 Å². The van der Waals surface area contributed by atoms with Crippen molar-refractivity contribution in [1.29, 1.82) is 0 Å². The Hall–Kier alpha value is -1.14. The number of rotatable bonds is 10. The third-order valence-corrected chi connectivity index (χ3v) is 4.19. The maximum atomic E-state index is 10.7. The second-order valence-corrected chi connectivity index (χ2v) is 5.94. The number of alkyl halides is 1. The third kappa shape index (κ3) is 6.77. The van der Waals surface area contributed by atoms with E-state index in [-0.39, 0.29) is 6.42 Å². The highest BCUT2D eigenvalue weighted by molar-refractivity contribution is 6.18. The molecule has 1 rings (SSSR count). The number of carbonyl (C=O) groups is 1. The van der Waals surface area contributed by atoms with E-state index in [9.17, 15) is 4.79 Å². The number of hydrogen-bond acceptors (Lipinski definition) is 3. The van der Waals surface area contributed by atoms with Gasteiger partial charge in [0.15, 0.2) is 5.69 Å². The molecule has 0 aromatic heterocycles. The molecule has 0 aliphatic heterocycles. The first-order valence-electron chi connectivity index (χ1n) is 8.37. The quantitative estimate of drug-likeness (QED) is 0.381. The lowest BCUT2D eigenvalue weighted by molar-refractivity contribution is -0.137. The summed E-state index contributed by atoms with van der Waals surface area (Å²) in [6, 6.07) is 6.31. The van der Waals surface area contributed by atoms with Crippen molar-refractivity contribution in [3.63, 3.8) is 0 Å². The molecule has 0 bridgehead atoms. The molecule has 1 aromatic carbocycles. The summed E-state index contributed by atoms with van der Waals surface area (Å²) in [6.07, 6.45) is 2.61. The first kappa shape index (κ1) is 22.9. The van der Waals surface area contributed by atoms with Gasteiger partial charge >= 0.3 is 5.97 Å². The monoisotopic (exact) mass is 359 g/mol. The Balaban J connectivity index is 0.00000254. The van der Waals surface area contributed by atoms with Crippen molar-refractivity contribution in [2.45, 2.75) is 39.5 Å². The molecule has 0 saturated carbocycles. The third-order valence-electron chi connectivity index (χ3n) is 4.02. The number of carboxylic acids is 1. The highest BCUT2D eigenvalue weighted by atomic mass is 35.5. The predicted molar refractivity (Wildman–Crippen MR) is 101 cm³/mol. The number of nitrogens with zero attached hydrogens (tertiary/aromatic N) is 1. The largest absolute Gasteiger partial charge is 0.481 e. The molecular formula is C18H32ClN2O3+. The van der Waals surface area contributed by atoms with Crippen LogP contribution in [0, 0.1) is 6.92 Å². The molecule has 0 aliphatic carbocycles. The molecule has 0 amide bonds. The van der Waals surface area contributed by atoms with Gasteiger partial charge in [-0.15, -0.1) is 16.2 Å². The van der Waals surface area contributed by atoms with Gasteiger partial charge in [-0.05, 0) is 44.4 Å². The van der Waals surface area contributed by atoms with Gasteiger partial charge in [0, 0.05) is 18.6 Å². The lowest BCUT2D eigenvalue weighted by atomic mass is 10.0. The summed E-state index contributed by atoms with van der Waals surface area (Å²) < 4.78 is 0.409. The van der Waals surface area contributed by atoms with Crippen LogP contribution < -0.4 is 10.4 Å². The van der Waals surface area contributed by atoms with Gasteiger partial charge in [-0.2, -0.15) is 0 Å². The minimum absolute atomic E-state index is 0.199. The average Bonchev–Trinajstić information content (AvgIpc) is 2.57. The highest BCUT2D eigenvalue weighted by Gasteiger charge is 2.30. The van der Waals surface area contributed by atoms with Gasteiger partial charge in [0.05, 0.1) is 13.0 Å². The molecule has 0 saturated heterocycles. The first-order chi connectivity index (χ1) is 11.5. The van der Waals surface area contributed by atoms with E-state index in [1.54, 1.807) is 7.11 Å². The van der Waals surface area contributed by atoms with Crippen LogP contribution in [0.25, 0.3) is 0 Å². The van der Waals surface area contributed by atoms with E-state index in [0.29, 0.717) is 23.5 Å². The number of quaternary nitrogens is 1. The summed E-state index contributed by atoms with van der Waals surface area (Å²) >= 11 is 5.98. The zero-order valence-electron chi connectivity index (χ0n) is 15.3. The van der Waals surface area contributed by atoms with Gasteiger partial charge in [0.1, 0.15) is 13.1 Å². The van der Waals surface area contributed by atoms with Crippen molar-refractivity contribution in [3.05, 3.63) is 29.3 Å². The number of aliphatic carboxylic acids is 1. The van der Waals surface area contributed by atoms with E-state index in [0.717, 1.165) is 25.1 Å². The lowest BCUT2D eigenvalue weighted by Gasteiger charge is -2.33. The first-order valence-corrected chi connectivity index (χ1v) is 8.91. The average molecular weight is 360 g/mol. The summed E-state index contributed by atoms with van der Waals surface area (Å²) in [5.41, 5.74) is 7.95. The minimum atomic E-state index is -0.746. The van der Waals surface area contributed by atoms with Gasteiger partial charge in [-0.3, -0.25) is 4.79 Å². The Morgan fingerprint density at radius 1 is 1.33 bits per heavy atom. The number of halogens is 1. The molecule has 1 atom stereocenters. The van der Waals surface area contributed by atoms with Gasteiger partial charge in [-0.25, -0.2) is 4.84 Å². The predicted octanol–water partition coefficient (Wildman–Crippen LogP) is 3.49. The number of hydrogen-bond donors (Lipinski definition) is 2. The minimum Gasteiger partial charge on any atom is -0.481 e. The summed E-state index contributed by atoms with van der Waals surface area (Å²) in [6.45, 7) is 5.76. The van der Waals surface area contributed by atoms with Gasteiger partial charge in [0.2, 0.25) is 0 Å². The molecule has 1 aromatic rings. The summed E-state index contributed by atoms with van der Waals surface area (Å²) in [5, 5.41) is 8.78. The SMILES string of the molecule is CCC[N+](CCCl)(OC)c1ccc(C)c(CCCC(=O)O)c1.CN. The Morgan fingerprint density at radius 2 is 2.00 bits per heavy atom. The number of benzene rings is 1. The molecular weight excluding hydrogens is 328 g/mol. The number of carboxylic acid groups (broad SMARTS) is 1. The number of nitrogens with two attached hydrogens (primary N) is 1. The van der Waals surface area contributed by atoms with E-state index in [1.165, 1.54) is 18.2 Å². The molecule has 0 fully saturated rings. The fraction of sp³-hybridized carbons (Fsp3) is 0.611. The topological polar surface area (TPSA) is 72.5 Å². The Kier molecular flexibility index (Phi) is 11.7. The Labute approximate surface area is 150 Å². The molecule has 1 unspecified atom stereocenters. The maximum Gasteiger partial charge on any atom is 0.303 e. The van der Waals surface area contributed by atoms with E-state index < -0.39 is 5.97 Å². The van der Waals surface area contributed by atoms with Crippen molar-refractivity contribution in [2.24, 2.45) is 5.73 Å². The Bertz CT molecular complexity index is 489. The summed E-state index contributed by atoms with van der Waals surface area (Å²) in [7, 11) is 3.21. The zero-order valence-corrected chi connectivity index (χ0v) is 16.1. The molecule has 138 valence electrons. The fourth-order valence-electron chi connectivity index (χ4n) is 2.77. The summed E-state index contributed by atoms with van der Waals surface area (Å²) in [5.74, 6) is -0.222. The van der Waals surface area contributed by atoms with Crippen molar-refractivity contribution >= 4 is 23.3 Å². The van der Waals surface area contributed by atoms with Gasteiger partial charge in [0.25, 0.3) is 0 Å². The van der Waals surface area contributed by atoms with Crippen LogP contribution in [0.2, 0.25) is 0 Å². The second-order valence-electron chi connectivity index (χ2n) is 5.57. The maximum absolute atomic E-state index is 10.7. The number of hydroxylamine groups is 2. The van der Waals surface area contributed by atoms with Crippen LogP contribution >= 0.6 is 11.6 Å². The van der Waals surface area contributed by atoms with Crippen LogP contribution in [0.1, 0.15) is 37.3 Å². The second kappa shape index (κ2) is 12.3. The van der Waals surface area contributed by atoms with Crippen LogP contribution in [-0.2, 0) is 16.1 Å². The van der Waals surface area contributed by atoms with E-state index in [1.807, 2.05) is 0 Å². The zero-order chi connectivity index (χ0) is 18.6. The molecule has 5 nitrogen and oxygen atoms in total. The molecule has 0 radical (unpaired) electrons.